The third-order valence-electron chi connectivity index (χ3n) is 5.59. The minimum atomic E-state index is -0.506. The summed E-state index contributed by atoms with van der Waals surface area (Å²) >= 11 is 0. The van der Waals surface area contributed by atoms with Crippen LogP contribution in [0.1, 0.15) is 17.5 Å². The first-order chi connectivity index (χ1) is 12.2. The Hall–Kier alpha value is -3.20. The number of carbonyl (C=O) groups excluding carboxylic acids is 2. The summed E-state index contributed by atoms with van der Waals surface area (Å²) in [5, 5.41) is 7.24. The monoisotopic (exact) mass is 324 g/mol. The highest BCUT2D eigenvalue weighted by molar-refractivity contribution is 6.33. The van der Waals surface area contributed by atoms with Crippen LogP contribution in [0.4, 0.5) is 0 Å². The second-order valence-corrected chi connectivity index (χ2v) is 6.79. The van der Waals surface area contributed by atoms with Crippen molar-refractivity contribution < 1.29 is 14.3 Å². The largest absolute Gasteiger partial charge is 0.386 e. The van der Waals surface area contributed by atoms with Gasteiger partial charge < -0.3 is 4.74 Å². The Bertz CT molecular complexity index is 1280. The van der Waals surface area contributed by atoms with Crippen LogP contribution in [0, 0.1) is 0 Å². The first-order valence-corrected chi connectivity index (χ1v) is 8.42. The normalized spacial score (nSPS) is 16.8. The van der Waals surface area contributed by atoms with Crippen LogP contribution >= 0.6 is 0 Å². The number of hydrogen-bond donors (Lipinski definition) is 0. The summed E-state index contributed by atoms with van der Waals surface area (Å²) in [5.74, 6) is -0.982. The van der Waals surface area contributed by atoms with Crippen LogP contribution in [0.3, 0.4) is 0 Å². The van der Waals surface area contributed by atoms with Crippen molar-refractivity contribution in [1.82, 2.24) is 0 Å². The lowest BCUT2D eigenvalue weighted by atomic mass is 9.81. The summed E-state index contributed by atoms with van der Waals surface area (Å²) in [7, 11) is 0. The molecule has 0 atom stereocenters. The number of carbonyl (C=O) groups is 2. The van der Waals surface area contributed by atoms with Gasteiger partial charge in [0.05, 0.1) is 11.1 Å². The molecule has 0 bridgehead atoms. The van der Waals surface area contributed by atoms with Gasteiger partial charge >= 0.3 is 11.9 Å². The predicted molar refractivity (Wildman–Crippen MR) is 96.5 cm³/mol. The average molecular weight is 324 g/mol. The molecule has 1 aliphatic heterocycles. The molecule has 3 nitrogen and oxygen atoms in total. The van der Waals surface area contributed by atoms with Crippen molar-refractivity contribution >= 4 is 49.8 Å². The molecule has 6 rings (SSSR count). The number of hydrogen-bond acceptors (Lipinski definition) is 3. The molecule has 0 saturated carbocycles. The van der Waals surface area contributed by atoms with Gasteiger partial charge in [0.1, 0.15) is 0 Å². The number of aryl methyl sites for hydroxylation is 1. The van der Waals surface area contributed by atoms with E-state index < -0.39 is 11.9 Å². The maximum atomic E-state index is 12.2. The quantitative estimate of drug-likeness (QED) is 0.274. The fourth-order valence-corrected chi connectivity index (χ4v) is 4.53. The van der Waals surface area contributed by atoms with Gasteiger partial charge in [0.25, 0.3) is 0 Å². The lowest BCUT2D eigenvalue weighted by Crippen LogP contribution is -2.08. The lowest BCUT2D eigenvalue weighted by Gasteiger charge is -2.20. The Labute approximate surface area is 142 Å². The maximum absolute atomic E-state index is 12.2. The molecule has 0 spiro atoms. The number of fused-ring (bicyclic) bond motifs is 3. The third kappa shape index (κ3) is 1.51. The topological polar surface area (TPSA) is 43.4 Å². The van der Waals surface area contributed by atoms with Crippen molar-refractivity contribution in [2.75, 3.05) is 0 Å². The van der Waals surface area contributed by atoms with Gasteiger partial charge in [-0.05, 0) is 62.4 Å². The minimum absolute atomic E-state index is 0.469. The molecule has 2 aliphatic rings. The molecule has 0 aromatic heterocycles. The van der Waals surface area contributed by atoms with Gasteiger partial charge in [0.15, 0.2) is 0 Å². The van der Waals surface area contributed by atoms with Crippen LogP contribution in [-0.4, -0.2) is 11.9 Å². The van der Waals surface area contributed by atoms with Crippen molar-refractivity contribution in [3.8, 4) is 0 Å². The summed E-state index contributed by atoms with van der Waals surface area (Å²) in [6, 6.07) is 16.9. The molecule has 25 heavy (non-hydrogen) atoms. The summed E-state index contributed by atoms with van der Waals surface area (Å²) in [5.41, 5.74) is 3.02. The molecule has 0 radical (unpaired) electrons. The van der Waals surface area contributed by atoms with Crippen LogP contribution in [0.2, 0.25) is 0 Å². The van der Waals surface area contributed by atoms with E-state index in [-0.39, 0.29) is 0 Å². The Balaban J connectivity index is 1.83. The van der Waals surface area contributed by atoms with Crippen molar-refractivity contribution in [2.45, 2.75) is 12.8 Å². The van der Waals surface area contributed by atoms with Gasteiger partial charge in [-0.3, -0.25) is 0 Å². The van der Waals surface area contributed by atoms with E-state index in [1.54, 1.807) is 0 Å². The molecule has 0 unspecified atom stereocenters. The standard InChI is InChI=1S/C22H12O3/c23-21-16-9-8-14-15-7-6-12-3-1-2-11-4-5-13(19(15)18(11)12)10-17(14)20(16)22(24)25-21/h1-7,10H,8-9H2. The first kappa shape index (κ1) is 13.1. The Morgan fingerprint density at radius 1 is 0.760 bits per heavy atom. The molecule has 3 heteroatoms. The van der Waals surface area contributed by atoms with Crippen molar-refractivity contribution in [1.29, 1.82) is 0 Å². The maximum Gasteiger partial charge on any atom is 0.347 e. The zero-order chi connectivity index (χ0) is 16.7. The highest BCUT2D eigenvalue weighted by atomic mass is 16.6. The molecule has 118 valence electrons. The zero-order valence-corrected chi connectivity index (χ0v) is 13.3. The second-order valence-electron chi connectivity index (χ2n) is 6.79. The van der Waals surface area contributed by atoms with Gasteiger partial charge in [-0.25, -0.2) is 9.59 Å². The number of benzene rings is 4. The molecule has 0 N–H and O–H groups in total. The summed E-state index contributed by atoms with van der Waals surface area (Å²) < 4.78 is 4.86. The molecular weight excluding hydrogens is 312 g/mol. The molecule has 4 aromatic carbocycles. The SMILES string of the molecule is O=C1OC(=O)C2=C1CCc1c2cc2ccc3cccc4ccc1c2c34. The van der Waals surface area contributed by atoms with E-state index >= 15 is 0 Å². The van der Waals surface area contributed by atoms with E-state index in [1.807, 2.05) is 0 Å². The molecule has 1 aliphatic carbocycles. The molecule has 0 amide bonds. The van der Waals surface area contributed by atoms with Gasteiger partial charge in [-0.15, -0.1) is 0 Å². The smallest absolute Gasteiger partial charge is 0.347 e. The van der Waals surface area contributed by atoms with Gasteiger partial charge in [-0.1, -0.05) is 42.5 Å². The summed E-state index contributed by atoms with van der Waals surface area (Å²) in [6.07, 6.45) is 1.32. The van der Waals surface area contributed by atoms with Crippen LogP contribution in [0.25, 0.3) is 37.9 Å². The lowest BCUT2D eigenvalue weighted by molar-refractivity contribution is -0.150. The molecule has 4 aromatic rings. The van der Waals surface area contributed by atoms with Crippen LogP contribution in [0.15, 0.2) is 54.1 Å². The highest BCUT2D eigenvalue weighted by Crippen LogP contribution is 2.44. The predicted octanol–water partition coefficient (Wildman–Crippen LogP) is 4.37. The van der Waals surface area contributed by atoms with Crippen LogP contribution in [-0.2, 0) is 20.7 Å². The van der Waals surface area contributed by atoms with Gasteiger partial charge in [0, 0.05) is 0 Å². The van der Waals surface area contributed by atoms with E-state index in [4.69, 9.17) is 4.74 Å². The summed E-state index contributed by atoms with van der Waals surface area (Å²) in [6.45, 7) is 0. The minimum Gasteiger partial charge on any atom is -0.386 e. The van der Waals surface area contributed by atoms with Gasteiger partial charge in [-0.2, -0.15) is 0 Å². The van der Waals surface area contributed by atoms with E-state index in [1.165, 1.54) is 26.9 Å². The van der Waals surface area contributed by atoms with Crippen molar-refractivity contribution in [2.24, 2.45) is 0 Å². The fraction of sp³-hybridized carbons (Fsp3) is 0.0909. The number of cyclic esters (lactones) is 2. The van der Waals surface area contributed by atoms with E-state index in [9.17, 15) is 9.59 Å². The van der Waals surface area contributed by atoms with Gasteiger partial charge in [0.2, 0.25) is 0 Å². The summed E-state index contributed by atoms with van der Waals surface area (Å²) in [4.78, 5) is 24.1. The van der Waals surface area contributed by atoms with Crippen molar-refractivity contribution in [3.05, 3.63) is 65.2 Å². The van der Waals surface area contributed by atoms with Crippen molar-refractivity contribution in [3.63, 3.8) is 0 Å². The van der Waals surface area contributed by atoms with E-state index in [0.29, 0.717) is 17.6 Å². The average Bonchev–Trinajstić information content (AvgIpc) is 2.93. The second kappa shape index (κ2) is 4.25. The molecule has 0 saturated heterocycles. The Morgan fingerprint density at radius 3 is 2.36 bits per heavy atom. The van der Waals surface area contributed by atoms with E-state index in [0.717, 1.165) is 22.9 Å². The Morgan fingerprint density at radius 2 is 1.52 bits per heavy atom. The third-order valence-corrected chi connectivity index (χ3v) is 5.59. The number of rotatable bonds is 0. The van der Waals surface area contributed by atoms with Crippen LogP contribution < -0.4 is 0 Å². The fourth-order valence-electron chi connectivity index (χ4n) is 4.53. The molecule has 1 heterocycles. The molecular formula is C22H12O3. The first-order valence-electron chi connectivity index (χ1n) is 8.42. The zero-order valence-electron chi connectivity index (χ0n) is 13.3. The number of esters is 2. The molecule has 0 fully saturated rings. The highest BCUT2D eigenvalue weighted by Gasteiger charge is 2.37. The number of ether oxygens (including phenoxy) is 1. The van der Waals surface area contributed by atoms with Crippen LogP contribution in [0.5, 0.6) is 0 Å². The van der Waals surface area contributed by atoms with E-state index in [2.05, 4.69) is 48.5 Å². The Kier molecular flexibility index (Phi) is 2.23.